The number of ether oxygens (including phenoxy) is 2. The van der Waals surface area contributed by atoms with E-state index in [0.717, 1.165) is 18.8 Å². The SMILES string of the molecule is COC(=O)C1=C(C)NC(C)=C(C(=O)OCCN2Cc3ccccc3C2)C1c1ccc[nH]1. The van der Waals surface area contributed by atoms with Gasteiger partial charge in [-0.05, 0) is 37.1 Å². The number of carbonyl (C=O) groups is 2. The van der Waals surface area contributed by atoms with E-state index in [9.17, 15) is 9.59 Å². The quantitative estimate of drug-likeness (QED) is 0.698. The third-order valence-electron chi connectivity index (χ3n) is 5.87. The summed E-state index contributed by atoms with van der Waals surface area (Å²) in [6.45, 7) is 6.26. The summed E-state index contributed by atoms with van der Waals surface area (Å²) in [5.74, 6) is -1.49. The molecule has 7 nitrogen and oxygen atoms in total. The van der Waals surface area contributed by atoms with E-state index in [1.165, 1.54) is 18.2 Å². The van der Waals surface area contributed by atoms with Gasteiger partial charge in [0.2, 0.25) is 0 Å². The van der Waals surface area contributed by atoms with Crippen molar-refractivity contribution in [2.24, 2.45) is 0 Å². The van der Waals surface area contributed by atoms with Gasteiger partial charge in [-0.15, -0.1) is 0 Å². The number of benzene rings is 1. The van der Waals surface area contributed by atoms with Crippen LogP contribution < -0.4 is 5.32 Å². The van der Waals surface area contributed by atoms with Gasteiger partial charge in [-0.1, -0.05) is 24.3 Å². The smallest absolute Gasteiger partial charge is 0.336 e. The van der Waals surface area contributed by atoms with Crippen LogP contribution in [0.1, 0.15) is 36.6 Å². The van der Waals surface area contributed by atoms with E-state index in [4.69, 9.17) is 9.47 Å². The van der Waals surface area contributed by atoms with Crippen LogP contribution in [0.25, 0.3) is 0 Å². The fourth-order valence-electron chi connectivity index (χ4n) is 4.39. The number of H-pyrrole nitrogens is 1. The second kappa shape index (κ2) is 8.81. The molecule has 1 atom stereocenters. The molecule has 0 amide bonds. The van der Waals surface area contributed by atoms with Crippen molar-refractivity contribution in [2.75, 3.05) is 20.3 Å². The molecular weight excluding hydrogens is 394 g/mol. The molecule has 31 heavy (non-hydrogen) atoms. The molecule has 2 aromatic rings. The maximum absolute atomic E-state index is 13.1. The Morgan fingerprint density at radius 2 is 1.65 bits per heavy atom. The number of hydrogen-bond donors (Lipinski definition) is 2. The average molecular weight is 421 g/mol. The van der Waals surface area contributed by atoms with Crippen LogP contribution in [0, 0.1) is 0 Å². The minimum Gasteiger partial charge on any atom is -0.466 e. The molecular formula is C24H27N3O4. The summed E-state index contributed by atoms with van der Waals surface area (Å²) in [4.78, 5) is 31.1. The van der Waals surface area contributed by atoms with Crippen molar-refractivity contribution in [1.82, 2.24) is 15.2 Å². The van der Waals surface area contributed by atoms with Gasteiger partial charge in [-0.25, -0.2) is 9.59 Å². The molecule has 1 unspecified atom stereocenters. The number of carbonyl (C=O) groups excluding carboxylic acids is 2. The summed E-state index contributed by atoms with van der Waals surface area (Å²) >= 11 is 0. The van der Waals surface area contributed by atoms with E-state index in [0.29, 0.717) is 29.1 Å². The fourth-order valence-corrected chi connectivity index (χ4v) is 4.39. The monoisotopic (exact) mass is 421 g/mol. The highest BCUT2D eigenvalue weighted by molar-refractivity contribution is 5.99. The van der Waals surface area contributed by atoms with Gasteiger partial charge in [0.1, 0.15) is 6.61 Å². The number of nitrogens with zero attached hydrogens (tertiary/aromatic N) is 1. The zero-order valence-corrected chi connectivity index (χ0v) is 18.0. The van der Waals surface area contributed by atoms with E-state index in [1.807, 2.05) is 31.2 Å². The maximum atomic E-state index is 13.1. The Balaban J connectivity index is 1.48. The largest absolute Gasteiger partial charge is 0.466 e. The zero-order chi connectivity index (χ0) is 22.0. The Kier molecular flexibility index (Phi) is 5.95. The van der Waals surface area contributed by atoms with E-state index in [1.54, 1.807) is 13.1 Å². The lowest BCUT2D eigenvalue weighted by Gasteiger charge is -2.29. The van der Waals surface area contributed by atoms with Crippen LogP contribution in [0.15, 0.2) is 65.1 Å². The van der Waals surface area contributed by atoms with Crippen LogP contribution in [-0.4, -0.2) is 42.1 Å². The standard InChI is InChI=1S/C24H27N3O4/c1-15-20(23(28)30-3)22(19-9-6-10-25-19)21(16(2)26-15)24(29)31-12-11-27-13-17-7-4-5-8-18(17)14-27/h4-10,22,25-26H,11-14H2,1-3H3. The molecule has 0 saturated carbocycles. The highest BCUT2D eigenvalue weighted by Crippen LogP contribution is 2.38. The van der Waals surface area contributed by atoms with Crippen molar-refractivity contribution in [1.29, 1.82) is 0 Å². The Bertz CT molecular complexity index is 1030. The van der Waals surface area contributed by atoms with Crippen molar-refractivity contribution in [3.8, 4) is 0 Å². The fraction of sp³-hybridized carbons (Fsp3) is 0.333. The van der Waals surface area contributed by atoms with Crippen LogP contribution in [0.3, 0.4) is 0 Å². The Labute approximate surface area is 181 Å². The second-order valence-electron chi connectivity index (χ2n) is 7.87. The molecule has 0 bridgehead atoms. The van der Waals surface area contributed by atoms with Gasteiger partial charge in [0, 0.05) is 42.9 Å². The lowest BCUT2D eigenvalue weighted by atomic mass is 9.83. The lowest BCUT2D eigenvalue weighted by molar-refractivity contribution is -0.140. The molecule has 2 aliphatic heterocycles. The van der Waals surface area contributed by atoms with Gasteiger partial charge in [0.05, 0.1) is 24.2 Å². The predicted molar refractivity (Wildman–Crippen MR) is 116 cm³/mol. The molecule has 2 aliphatic rings. The number of rotatable bonds is 6. The summed E-state index contributed by atoms with van der Waals surface area (Å²) in [5.41, 5.74) is 5.52. The van der Waals surface area contributed by atoms with Crippen LogP contribution in [0.2, 0.25) is 0 Å². The van der Waals surface area contributed by atoms with Crippen LogP contribution in [0.5, 0.6) is 0 Å². The van der Waals surface area contributed by atoms with Crippen molar-refractivity contribution < 1.29 is 19.1 Å². The van der Waals surface area contributed by atoms with E-state index < -0.39 is 17.9 Å². The van der Waals surface area contributed by atoms with Crippen molar-refractivity contribution in [3.63, 3.8) is 0 Å². The molecule has 0 aliphatic carbocycles. The molecule has 7 heteroatoms. The third kappa shape index (κ3) is 4.14. The number of dihydropyridines is 1. The molecule has 2 N–H and O–H groups in total. The Morgan fingerprint density at radius 3 is 2.23 bits per heavy atom. The number of nitrogens with one attached hydrogen (secondary N) is 2. The van der Waals surface area contributed by atoms with Gasteiger partial charge in [-0.3, -0.25) is 4.90 Å². The van der Waals surface area contributed by atoms with E-state index >= 15 is 0 Å². The zero-order valence-electron chi connectivity index (χ0n) is 18.0. The molecule has 0 spiro atoms. The van der Waals surface area contributed by atoms with Gasteiger partial charge in [0.15, 0.2) is 0 Å². The van der Waals surface area contributed by atoms with Gasteiger partial charge in [-0.2, -0.15) is 0 Å². The first kappa shape index (κ1) is 20.9. The van der Waals surface area contributed by atoms with Crippen molar-refractivity contribution in [2.45, 2.75) is 32.9 Å². The van der Waals surface area contributed by atoms with Gasteiger partial charge in [0.25, 0.3) is 0 Å². The first-order valence-electron chi connectivity index (χ1n) is 10.4. The molecule has 1 aromatic heterocycles. The Hall–Kier alpha value is -3.32. The van der Waals surface area contributed by atoms with Crippen molar-refractivity contribution in [3.05, 3.63) is 82.0 Å². The maximum Gasteiger partial charge on any atom is 0.336 e. The summed E-state index contributed by atoms with van der Waals surface area (Å²) < 4.78 is 10.7. The second-order valence-corrected chi connectivity index (χ2v) is 7.87. The molecule has 0 fully saturated rings. The van der Waals surface area contributed by atoms with Crippen LogP contribution in [0.4, 0.5) is 0 Å². The number of hydrogen-bond acceptors (Lipinski definition) is 6. The average Bonchev–Trinajstić information content (AvgIpc) is 3.42. The highest BCUT2D eigenvalue weighted by Gasteiger charge is 2.38. The van der Waals surface area contributed by atoms with Gasteiger partial charge < -0.3 is 19.8 Å². The van der Waals surface area contributed by atoms with Crippen LogP contribution in [-0.2, 0) is 32.2 Å². The number of aromatic nitrogens is 1. The molecule has 0 radical (unpaired) electrons. The Morgan fingerprint density at radius 1 is 1.00 bits per heavy atom. The first-order chi connectivity index (χ1) is 15.0. The lowest BCUT2D eigenvalue weighted by Crippen LogP contribution is -2.33. The molecule has 162 valence electrons. The van der Waals surface area contributed by atoms with E-state index in [-0.39, 0.29) is 6.61 Å². The number of fused-ring (bicyclic) bond motifs is 1. The number of aromatic amines is 1. The summed E-state index contributed by atoms with van der Waals surface area (Å²) in [6, 6.07) is 12.0. The summed E-state index contributed by atoms with van der Waals surface area (Å²) in [6.07, 6.45) is 1.77. The number of esters is 2. The number of methoxy groups -OCH3 is 1. The molecule has 1 aromatic carbocycles. The highest BCUT2D eigenvalue weighted by atomic mass is 16.5. The van der Waals surface area contributed by atoms with Crippen molar-refractivity contribution >= 4 is 11.9 Å². The summed E-state index contributed by atoms with van der Waals surface area (Å²) in [5, 5.41) is 3.14. The molecule has 4 rings (SSSR count). The number of allylic oxidation sites excluding steroid dienone is 2. The minimum absolute atomic E-state index is 0.275. The third-order valence-corrected chi connectivity index (χ3v) is 5.87. The van der Waals surface area contributed by atoms with Crippen LogP contribution >= 0.6 is 0 Å². The predicted octanol–water partition coefficient (Wildman–Crippen LogP) is 2.98. The van der Waals surface area contributed by atoms with E-state index in [2.05, 4.69) is 27.3 Å². The molecule has 0 saturated heterocycles. The summed E-state index contributed by atoms with van der Waals surface area (Å²) in [7, 11) is 1.34. The molecule has 3 heterocycles. The van der Waals surface area contributed by atoms with Gasteiger partial charge >= 0.3 is 11.9 Å². The first-order valence-corrected chi connectivity index (χ1v) is 10.4. The minimum atomic E-state index is -0.577. The normalized spacial score (nSPS) is 18.6. The topological polar surface area (TPSA) is 83.7 Å².